The largest absolute Gasteiger partial charge is 0.493 e. The minimum atomic E-state index is -0.462. The second-order valence-electron chi connectivity index (χ2n) is 7.17. The predicted molar refractivity (Wildman–Crippen MR) is 119 cm³/mol. The second kappa shape index (κ2) is 11.8. The van der Waals surface area contributed by atoms with Gasteiger partial charge in [0.1, 0.15) is 0 Å². The minimum absolute atomic E-state index is 0.121. The number of hydrogen-bond acceptors (Lipinski definition) is 6. The summed E-state index contributed by atoms with van der Waals surface area (Å²) in [7, 11) is 4.60. The Bertz CT molecular complexity index is 853. The fourth-order valence-corrected chi connectivity index (χ4v) is 3.07. The number of esters is 1. The van der Waals surface area contributed by atoms with Gasteiger partial charge in [-0.25, -0.2) is 0 Å². The molecular weight excluding hydrogens is 398 g/mol. The highest BCUT2D eigenvalue weighted by Gasteiger charge is 2.15. The van der Waals surface area contributed by atoms with Crippen LogP contribution in [0.5, 0.6) is 17.2 Å². The van der Waals surface area contributed by atoms with Gasteiger partial charge >= 0.3 is 5.97 Å². The highest BCUT2D eigenvalue weighted by atomic mass is 16.5. The Morgan fingerprint density at radius 3 is 2.10 bits per heavy atom. The topological polar surface area (TPSA) is 83.1 Å². The van der Waals surface area contributed by atoms with Crippen molar-refractivity contribution in [2.45, 2.75) is 39.0 Å². The third kappa shape index (κ3) is 6.91. The Kier molecular flexibility index (Phi) is 9.18. The lowest BCUT2D eigenvalue weighted by Crippen LogP contribution is -2.21. The number of ether oxygens (including phenoxy) is 4. The van der Waals surface area contributed by atoms with Crippen LogP contribution in [0.15, 0.2) is 36.4 Å². The molecule has 2 rings (SSSR count). The molecular formula is C24H31NO6. The van der Waals surface area contributed by atoms with E-state index >= 15 is 0 Å². The van der Waals surface area contributed by atoms with Gasteiger partial charge in [0.25, 0.3) is 5.91 Å². The van der Waals surface area contributed by atoms with E-state index in [4.69, 9.17) is 18.9 Å². The van der Waals surface area contributed by atoms with Crippen LogP contribution in [0.1, 0.15) is 43.7 Å². The lowest BCUT2D eigenvalue weighted by Gasteiger charge is -2.14. The number of nitrogens with one attached hydrogen (secondary N) is 1. The summed E-state index contributed by atoms with van der Waals surface area (Å²) in [5.41, 5.74) is 2.72. The van der Waals surface area contributed by atoms with E-state index in [0.29, 0.717) is 35.3 Å². The zero-order valence-electron chi connectivity index (χ0n) is 18.8. The summed E-state index contributed by atoms with van der Waals surface area (Å²) in [5.74, 6) is 1.16. The molecule has 0 aliphatic carbocycles. The van der Waals surface area contributed by atoms with Crippen molar-refractivity contribution in [3.63, 3.8) is 0 Å². The zero-order chi connectivity index (χ0) is 22.8. The van der Waals surface area contributed by atoms with Crippen LogP contribution >= 0.6 is 0 Å². The summed E-state index contributed by atoms with van der Waals surface area (Å²) in [5, 5.41) is 2.73. The molecule has 168 valence electrons. The molecule has 1 atom stereocenters. The molecule has 7 heteroatoms. The molecule has 1 N–H and O–H groups in total. The Hall–Kier alpha value is -3.22. The maximum Gasteiger partial charge on any atom is 0.306 e. The summed E-state index contributed by atoms with van der Waals surface area (Å²) >= 11 is 0. The first-order valence-corrected chi connectivity index (χ1v) is 10.3. The highest BCUT2D eigenvalue weighted by Crippen LogP contribution is 2.38. The molecule has 2 aromatic rings. The van der Waals surface area contributed by atoms with Crippen molar-refractivity contribution in [3.8, 4) is 17.2 Å². The molecule has 0 bridgehead atoms. The van der Waals surface area contributed by atoms with Crippen molar-refractivity contribution in [1.29, 1.82) is 0 Å². The number of methoxy groups -OCH3 is 3. The van der Waals surface area contributed by atoms with Gasteiger partial charge in [-0.15, -0.1) is 0 Å². The molecule has 0 heterocycles. The fourth-order valence-electron chi connectivity index (χ4n) is 3.07. The smallest absolute Gasteiger partial charge is 0.306 e. The number of amides is 1. The van der Waals surface area contributed by atoms with E-state index in [-0.39, 0.29) is 18.9 Å². The van der Waals surface area contributed by atoms with Crippen molar-refractivity contribution in [1.82, 2.24) is 0 Å². The molecule has 0 aromatic heterocycles. The van der Waals surface area contributed by atoms with E-state index in [0.717, 1.165) is 12.0 Å². The summed E-state index contributed by atoms with van der Waals surface area (Å²) < 4.78 is 21.0. The van der Waals surface area contributed by atoms with Crippen molar-refractivity contribution in [3.05, 3.63) is 47.5 Å². The molecule has 7 nitrogen and oxygen atoms in total. The Balaban J connectivity index is 1.83. The number of carbonyl (C=O) groups is 2. The van der Waals surface area contributed by atoms with E-state index < -0.39 is 5.97 Å². The Morgan fingerprint density at radius 2 is 1.58 bits per heavy atom. The van der Waals surface area contributed by atoms with Gasteiger partial charge in [0.05, 0.1) is 21.3 Å². The van der Waals surface area contributed by atoms with Crippen LogP contribution in [0.25, 0.3) is 0 Å². The van der Waals surface area contributed by atoms with E-state index in [2.05, 4.69) is 19.2 Å². The quantitative estimate of drug-likeness (QED) is 0.535. The Labute approximate surface area is 183 Å². The standard InChI is InChI=1S/C24H31NO6/c1-6-16(2)18-8-10-19(11-9-18)25-22(26)15-31-23(27)12-7-17-13-20(28-3)24(30-5)21(14-17)29-4/h8-11,13-14,16H,6-7,12,15H2,1-5H3,(H,25,26)/t16-/m1/s1. The molecule has 0 spiro atoms. The van der Waals surface area contributed by atoms with Crippen LogP contribution in [-0.4, -0.2) is 39.8 Å². The minimum Gasteiger partial charge on any atom is -0.493 e. The first-order valence-electron chi connectivity index (χ1n) is 10.3. The van der Waals surface area contributed by atoms with Crippen LogP contribution in [0.3, 0.4) is 0 Å². The highest BCUT2D eigenvalue weighted by molar-refractivity contribution is 5.92. The van der Waals surface area contributed by atoms with E-state index in [1.807, 2.05) is 24.3 Å². The molecule has 31 heavy (non-hydrogen) atoms. The molecule has 0 unspecified atom stereocenters. The molecule has 1 amide bonds. The SMILES string of the molecule is CC[C@@H](C)c1ccc(NC(=O)COC(=O)CCc2cc(OC)c(OC)c(OC)c2)cc1. The van der Waals surface area contributed by atoms with Gasteiger partial charge in [0, 0.05) is 12.1 Å². The molecule has 2 aromatic carbocycles. The lowest BCUT2D eigenvalue weighted by molar-refractivity contribution is -0.147. The van der Waals surface area contributed by atoms with Crippen LogP contribution in [-0.2, 0) is 20.7 Å². The van der Waals surface area contributed by atoms with Gasteiger partial charge < -0.3 is 24.3 Å². The maximum absolute atomic E-state index is 12.1. The van der Waals surface area contributed by atoms with Gasteiger partial charge in [-0.05, 0) is 54.2 Å². The normalized spacial score (nSPS) is 11.4. The van der Waals surface area contributed by atoms with Gasteiger partial charge in [0.15, 0.2) is 18.1 Å². The molecule has 0 aliphatic heterocycles. The first kappa shape index (κ1) is 24.1. The molecule has 0 fully saturated rings. The van der Waals surface area contributed by atoms with E-state index in [1.165, 1.54) is 26.9 Å². The van der Waals surface area contributed by atoms with Crippen LogP contribution < -0.4 is 19.5 Å². The van der Waals surface area contributed by atoms with Gasteiger partial charge in [-0.2, -0.15) is 0 Å². The van der Waals surface area contributed by atoms with E-state index in [9.17, 15) is 9.59 Å². The van der Waals surface area contributed by atoms with Crippen molar-refractivity contribution >= 4 is 17.6 Å². The Morgan fingerprint density at radius 1 is 0.968 bits per heavy atom. The number of aryl methyl sites for hydroxylation is 1. The maximum atomic E-state index is 12.1. The van der Waals surface area contributed by atoms with Gasteiger partial charge in [-0.3, -0.25) is 9.59 Å². The molecule has 0 saturated heterocycles. The average Bonchev–Trinajstić information content (AvgIpc) is 2.80. The zero-order valence-corrected chi connectivity index (χ0v) is 18.8. The third-order valence-corrected chi connectivity index (χ3v) is 5.08. The van der Waals surface area contributed by atoms with Gasteiger partial charge in [-0.1, -0.05) is 26.0 Å². The summed E-state index contributed by atoms with van der Waals surface area (Å²) in [4.78, 5) is 24.1. The van der Waals surface area contributed by atoms with Crippen molar-refractivity contribution in [2.75, 3.05) is 33.3 Å². The number of benzene rings is 2. The van der Waals surface area contributed by atoms with Crippen molar-refractivity contribution in [2.24, 2.45) is 0 Å². The average molecular weight is 430 g/mol. The molecule has 0 aliphatic rings. The monoisotopic (exact) mass is 429 g/mol. The number of anilines is 1. The van der Waals surface area contributed by atoms with Crippen LogP contribution in [0.2, 0.25) is 0 Å². The summed E-state index contributed by atoms with van der Waals surface area (Å²) in [6.07, 6.45) is 1.58. The number of carbonyl (C=O) groups excluding carboxylic acids is 2. The predicted octanol–water partition coefficient (Wildman–Crippen LogP) is 4.34. The van der Waals surface area contributed by atoms with Crippen molar-refractivity contribution < 1.29 is 28.5 Å². The lowest BCUT2D eigenvalue weighted by atomic mass is 9.99. The molecule has 0 radical (unpaired) electrons. The third-order valence-electron chi connectivity index (χ3n) is 5.08. The fraction of sp³-hybridized carbons (Fsp3) is 0.417. The summed E-state index contributed by atoms with van der Waals surface area (Å²) in [6.45, 7) is 3.96. The van der Waals surface area contributed by atoms with Crippen LogP contribution in [0.4, 0.5) is 5.69 Å². The number of rotatable bonds is 11. The molecule has 0 saturated carbocycles. The van der Waals surface area contributed by atoms with Crippen LogP contribution in [0, 0.1) is 0 Å². The summed E-state index contributed by atoms with van der Waals surface area (Å²) in [6, 6.07) is 11.3. The number of hydrogen-bond donors (Lipinski definition) is 1. The van der Waals surface area contributed by atoms with E-state index in [1.54, 1.807) is 12.1 Å². The second-order valence-corrected chi connectivity index (χ2v) is 7.17. The van der Waals surface area contributed by atoms with Gasteiger partial charge in [0.2, 0.25) is 5.75 Å². The first-order chi connectivity index (χ1) is 14.9.